The van der Waals surface area contributed by atoms with Crippen molar-refractivity contribution in [2.45, 2.75) is 19.9 Å². The second-order valence-electron chi connectivity index (χ2n) is 3.28. The molecule has 2 heterocycles. The van der Waals surface area contributed by atoms with Gasteiger partial charge in [-0.3, -0.25) is 4.98 Å². The quantitative estimate of drug-likeness (QED) is 0.757. The van der Waals surface area contributed by atoms with Crippen LogP contribution >= 0.6 is 0 Å². The topological polar surface area (TPSA) is 76.7 Å². The maximum atomic E-state index is 5.07. The minimum absolute atomic E-state index is 0.474. The molecule has 0 aliphatic heterocycles. The van der Waals surface area contributed by atoms with Crippen molar-refractivity contribution in [2.24, 2.45) is 0 Å². The Balaban J connectivity index is 2.02. The van der Waals surface area contributed by atoms with Gasteiger partial charge in [0, 0.05) is 12.4 Å². The zero-order valence-corrected chi connectivity index (χ0v) is 9.05. The minimum atomic E-state index is 0.474. The van der Waals surface area contributed by atoms with Gasteiger partial charge >= 0.3 is 0 Å². The fourth-order valence-electron chi connectivity index (χ4n) is 1.22. The molecule has 0 spiro atoms. The van der Waals surface area contributed by atoms with Crippen LogP contribution in [0, 0.1) is 0 Å². The highest BCUT2D eigenvalue weighted by atomic mass is 16.5. The molecule has 84 valence electrons. The lowest BCUT2D eigenvalue weighted by Gasteiger charge is -1.95. The zero-order chi connectivity index (χ0) is 11.2. The van der Waals surface area contributed by atoms with Gasteiger partial charge in [0.1, 0.15) is 5.69 Å². The molecule has 0 saturated carbocycles. The highest BCUT2D eigenvalue weighted by Crippen LogP contribution is 2.10. The zero-order valence-electron chi connectivity index (χ0n) is 9.05. The summed E-state index contributed by atoms with van der Waals surface area (Å²) >= 11 is 0. The van der Waals surface area contributed by atoms with Gasteiger partial charge < -0.3 is 9.84 Å². The van der Waals surface area contributed by atoms with Crippen LogP contribution in [0.15, 0.2) is 23.1 Å². The van der Waals surface area contributed by atoms with Gasteiger partial charge in [-0.25, -0.2) is 4.98 Å². The average molecular weight is 219 g/mol. The van der Waals surface area contributed by atoms with Crippen molar-refractivity contribution in [3.8, 4) is 11.5 Å². The largest absolute Gasteiger partial charge is 0.337 e. The standard InChI is InChI=1S/C10H13N5O/c1-2-3-11-7-9-14-10(15-16-9)8-6-12-4-5-13-8/h4-6,11H,2-3,7H2,1H3. The van der Waals surface area contributed by atoms with E-state index in [1.54, 1.807) is 18.6 Å². The Morgan fingerprint density at radius 1 is 1.38 bits per heavy atom. The molecule has 0 bridgehead atoms. The van der Waals surface area contributed by atoms with Crippen LogP contribution in [0.2, 0.25) is 0 Å². The summed E-state index contributed by atoms with van der Waals surface area (Å²) in [6.45, 7) is 3.62. The molecule has 1 N–H and O–H groups in total. The second kappa shape index (κ2) is 5.32. The predicted molar refractivity (Wildman–Crippen MR) is 57.3 cm³/mol. The van der Waals surface area contributed by atoms with E-state index in [1.807, 2.05) is 0 Å². The van der Waals surface area contributed by atoms with E-state index in [-0.39, 0.29) is 0 Å². The van der Waals surface area contributed by atoms with Crippen molar-refractivity contribution in [1.29, 1.82) is 0 Å². The Bertz CT molecular complexity index is 428. The Morgan fingerprint density at radius 2 is 2.31 bits per heavy atom. The van der Waals surface area contributed by atoms with Crippen LogP contribution in [0.4, 0.5) is 0 Å². The molecule has 0 amide bonds. The molecule has 0 aliphatic rings. The molecule has 0 aromatic carbocycles. The molecule has 0 aliphatic carbocycles. The van der Waals surface area contributed by atoms with Crippen LogP contribution in [0.1, 0.15) is 19.2 Å². The van der Waals surface area contributed by atoms with Gasteiger partial charge in [-0.1, -0.05) is 12.1 Å². The molecule has 0 unspecified atom stereocenters. The normalized spacial score (nSPS) is 10.6. The first-order chi connectivity index (χ1) is 7.90. The molecular weight excluding hydrogens is 206 g/mol. The Morgan fingerprint density at radius 3 is 3.06 bits per heavy atom. The highest BCUT2D eigenvalue weighted by Gasteiger charge is 2.08. The molecule has 0 fully saturated rings. The molecule has 0 saturated heterocycles. The van der Waals surface area contributed by atoms with E-state index in [0.29, 0.717) is 24.0 Å². The second-order valence-corrected chi connectivity index (χ2v) is 3.28. The monoisotopic (exact) mass is 219 g/mol. The Kier molecular flexibility index (Phi) is 3.55. The van der Waals surface area contributed by atoms with E-state index in [2.05, 4.69) is 32.3 Å². The van der Waals surface area contributed by atoms with Gasteiger partial charge in [0.2, 0.25) is 11.7 Å². The van der Waals surface area contributed by atoms with E-state index in [9.17, 15) is 0 Å². The maximum Gasteiger partial charge on any atom is 0.240 e. The Hall–Kier alpha value is -1.82. The number of hydrogen-bond donors (Lipinski definition) is 1. The summed E-state index contributed by atoms with van der Waals surface area (Å²) in [5, 5.41) is 7.02. The summed E-state index contributed by atoms with van der Waals surface area (Å²) in [5.41, 5.74) is 0.619. The predicted octanol–water partition coefficient (Wildman–Crippen LogP) is 1.03. The molecule has 0 radical (unpaired) electrons. The van der Waals surface area contributed by atoms with Gasteiger partial charge in [-0.05, 0) is 13.0 Å². The van der Waals surface area contributed by atoms with Crippen molar-refractivity contribution in [3.63, 3.8) is 0 Å². The third kappa shape index (κ3) is 2.60. The van der Waals surface area contributed by atoms with Crippen molar-refractivity contribution in [2.75, 3.05) is 6.54 Å². The number of nitrogens with one attached hydrogen (secondary N) is 1. The fourth-order valence-corrected chi connectivity index (χ4v) is 1.22. The molecule has 6 nitrogen and oxygen atoms in total. The molecular formula is C10H13N5O. The van der Waals surface area contributed by atoms with Gasteiger partial charge in [-0.15, -0.1) is 0 Å². The third-order valence-electron chi connectivity index (χ3n) is 1.96. The molecule has 2 rings (SSSR count). The minimum Gasteiger partial charge on any atom is -0.337 e. The third-order valence-corrected chi connectivity index (χ3v) is 1.96. The van der Waals surface area contributed by atoms with Gasteiger partial charge in [0.25, 0.3) is 0 Å². The van der Waals surface area contributed by atoms with Crippen molar-refractivity contribution < 1.29 is 4.52 Å². The van der Waals surface area contributed by atoms with Gasteiger partial charge in [0.05, 0.1) is 12.7 Å². The summed E-state index contributed by atoms with van der Waals surface area (Å²) in [5.74, 6) is 1.04. The lowest BCUT2D eigenvalue weighted by atomic mass is 10.4. The smallest absolute Gasteiger partial charge is 0.240 e. The number of rotatable bonds is 5. The van der Waals surface area contributed by atoms with Crippen LogP contribution < -0.4 is 5.32 Å². The lowest BCUT2D eigenvalue weighted by molar-refractivity contribution is 0.368. The molecule has 2 aromatic rings. The highest BCUT2D eigenvalue weighted by molar-refractivity contribution is 5.45. The van der Waals surface area contributed by atoms with E-state index >= 15 is 0 Å². The molecule has 6 heteroatoms. The first-order valence-corrected chi connectivity index (χ1v) is 5.20. The summed E-state index contributed by atoms with van der Waals surface area (Å²) in [6, 6.07) is 0. The van der Waals surface area contributed by atoms with E-state index < -0.39 is 0 Å². The number of nitrogens with zero attached hydrogens (tertiary/aromatic N) is 4. The van der Waals surface area contributed by atoms with Crippen molar-refractivity contribution in [3.05, 3.63) is 24.5 Å². The summed E-state index contributed by atoms with van der Waals surface area (Å²) in [4.78, 5) is 12.2. The maximum absolute atomic E-state index is 5.07. The fraction of sp³-hybridized carbons (Fsp3) is 0.400. The van der Waals surface area contributed by atoms with E-state index in [0.717, 1.165) is 13.0 Å². The number of aromatic nitrogens is 4. The summed E-state index contributed by atoms with van der Waals surface area (Å²) in [6.07, 6.45) is 5.88. The number of hydrogen-bond acceptors (Lipinski definition) is 6. The van der Waals surface area contributed by atoms with E-state index in [1.165, 1.54) is 0 Å². The van der Waals surface area contributed by atoms with Crippen LogP contribution in [0.5, 0.6) is 0 Å². The van der Waals surface area contributed by atoms with Crippen molar-refractivity contribution in [1.82, 2.24) is 25.4 Å². The Labute approximate surface area is 93.1 Å². The summed E-state index contributed by atoms with van der Waals surface area (Å²) in [7, 11) is 0. The lowest BCUT2D eigenvalue weighted by Crippen LogP contribution is -2.13. The van der Waals surface area contributed by atoms with Crippen LogP contribution in [-0.4, -0.2) is 26.7 Å². The molecule has 2 aromatic heterocycles. The first-order valence-electron chi connectivity index (χ1n) is 5.20. The first kappa shape index (κ1) is 10.7. The van der Waals surface area contributed by atoms with Crippen molar-refractivity contribution >= 4 is 0 Å². The summed E-state index contributed by atoms with van der Waals surface area (Å²) < 4.78 is 5.07. The average Bonchev–Trinajstić information content (AvgIpc) is 2.79. The van der Waals surface area contributed by atoms with Crippen LogP contribution in [-0.2, 0) is 6.54 Å². The van der Waals surface area contributed by atoms with Crippen LogP contribution in [0.3, 0.4) is 0 Å². The van der Waals surface area contributed by atoms with Gasteiger partial charge in [0.15, 0.2) is 0 Å². The molecule has 16 heavy (non-hydrogen) atoms. The molecule has 0 atom stereocenters. The van der Waals surface area contributed by atoms with Crippen LogP contribution in [0.25, 0.3) is 11.5 Å². The SMILES string of the molecule is CCCNCc1nc(-c2cnccn2)no1. The van der Waals surface area contributed by atoms with E-state index in [4.69, 9.17) is 4.52 Å². The van der Waals surface area contributed by atoms with Gasteiger partial charge in [-0.2, -0.15) is 4.98 Å².